The molecule has 1 aromatic heterocycles. The van der Waals surface area contributed by atoms with Gasteiger partial charge in [-0.15, -0.1) is 11.8 Å². The Balaban J connectivity index is 2.20. The van der Waals surface area contributed by atoms with Crippen LogP contribution in [-0.4, -0.2) is 11.7 Å². The highest BCUT2D eigenvalue weighted by atomic mass is 32.2. The van der Waals surface area contributed by atoms with Crippen LogP contribution in [0.1, 0.15) is 18.4 Å². The molecule has 0 spiro atoms. The van der Waals surface area contributed by atoms with E-state index in [-0.39, 0.29) is 5.57 Å². The molecule has 1 heterocycles. The number of aryl methyl sites for hydroxylation is 1. The zero-order chi connectivity index (χ0) is 15.9. The lowest BCUT2D eigenvalue weighted by Crippen LogP contribution is -2.14. The predicted octanol–water partition coefficient (Wildman–Crippen LogP) is 4.25. The van der Waals surface area contributed by atoms with Crippen molar-refractivity contribution in [1.82, 2.24) is 0 Å². The normalized spacial score (nSPS) is 11.0. The quantitative estimate of drug-likeness (QED) is 0.509. The molecule has 0 fully saturated rings. The zero-order valence-corrected chi connectivity index (χ0v) is 13.2. The number of nitrogens with zero attached hydrogens (tertiary/aromatic N) is 1. The first-order chi connectivity index (χ1) is 10.6. The number of furan rings is 1. The number of anilines is 1. The number of rotatable bonds is 5. The van der Waals surface area contributed by atoms with Crippen LogP contribution < -0.4 is 5.32 Å². The third-order valence-electron chi connectivity index (χ3n) is 2.85. The first kappa shape index (κ1) is 15.9. The van der Waals surface area contributed by atoms with Crippen LogP contribution in [0.4, 0.5) is 5.69 Å². The SMILES string of the molecule is CCSc1ccccc1NC(=O)/C(C#N)=C/c1ccc(C)o1. The third-order valence-corrected chi connectivity index (χ3v) is 3.80. The number of carbonyl (C=O) groups is 1. The molecule has 4 nitrogen and oxygen atoms in total. The second-order valence-corrected chi connectivity index (χ2v) is 5.81. The minimum Gasteiger partial charge on any atom is -0.462 e. The van der Waals surface area contributed by atoms with E-state index >= 15 is 0 Å². The van der Waals surface area contributed by atoms with Crippen LogP contribution in [-0.2, 0) is 4.79 Å². The number of hydrogen-bond acceptors (Lipinski definition) is 4. The first-order valence-electron chi connectivity index (χ1n) is 6.85. The average Bonchev–Trinajstić information content (AvgIpc) is 2.92. The Morgan fingerprint density at radius 1 is 1.36 bits per heavy atom. The van der Waals surface area contributed by atoms with Gasteiger partial charge in [-0.25, -0.2) is 0 Å². The van der Waals surface area contributed by atoms with E-state index in [4.69, 9.17) is 4.42 Å². The fourth-order valence-electron chi connectivity index (χ4n) is 1.86. The second-order valence-electron chi connectivity index (χ2n) is 4.50. The van der Waals surface area contributed by atoms with Crippen molar-refractivity contribution in [2.45, 2.75) is 18.7 Å². The minimum absolute atomic E-state index is 0.00523. The molecule has 0 saturated heterocycles. The Bertz CT molecular complexity index is 741. The van der Waals surface area contributed by atoms with Crippen LogP contribution in [0.2, 0.25) is 0 Å². The minimum atomic E-state index is -0.444. The smallest absolute Gasteiger partial charge is 0.266 e. The molecule has 5 heteroatoms. The lowest BCUT2D eigenvalue weighted by Gasteiger charge is -2.09. The largest absolute Gasteiger partial charge is 0.462 e. The summed E-state index contributed by atoms with van der Waals surface area (Å²) in [5, 5.41) is 12.0. The Morgan fingerprint density at radius 2 is 2.14 bits per heavy atom. The highest BCUT2D eigenvalue weighted by Gasteiger charge is 2.12. The van der Waals surface area contributed by atoms with Crippen LogP contribution >= 0.6 is 11.8 Å². The van der Waals surface area contributed by atoms with Crippen molar-refractivity contribution in [1.29, 1.82) is 5.26 Å². The second kappa shape index (κ2) is 7.53. The first-order valence-corrected chi connectivity index (χ1v) is 7.84. The summed E-state index contributed by atoms with van der Waals surface area (Å²) in [5.74, 6) is 1.68. The molecule has 2 aromatic rings. The van der Waals surface area contributed by atoms with E-state index in [2.05, 4.69) is 5.32 Å². The molecule has 0 radical (unpaired) electrons. The van der Waals surface area contributed by atoms with Crippen LogP contribution in [0.15, 0.2) is 51.3 Å². The van der Waals surface area contributed by atoms with E-state index in [9.17, 15) is 10.1 Å². The molecule has 0 atom stereocenters. The van der Waals surface area contributed by atoms with Crippen molar-refractivity contribution >= 4 is 29.4 Å². The lowest BCUT2D eigenvalue weighted by atomic mass is 10.2. The molecular formula is C17H16N2O2S. The van der Waals surface area contributed by atoms with Gasteiger partial charge in [-0.05, 0) is 36.9 Å². The van der Waals surface area contributed by atoms with Crippen molar-refractivity contribution < 1.29 is 9.21 Å². The van der Waals surface area contributed by atoms with Crippen molar-refractivity contribution in [2.24, 2.45) is 0 Å². The molecule has 22 heavy (non-hydrogen) atoms. The average molecular weight is 312 g/mol. The van der Waals surface area contributed by atoms with Gasteiger partial charge in [-0.2, -0.15) is 5.26 Å². The topological polar surface area (TPSA) is 66.0 Å². The van der Waals surface area contributed by atoms with Crippen molar-refractivity contribution in [3.05, 3.63) is 53.5 Å². The van der Waals surface area contributed by atoms with Gasteiger partial charge in [0.2, 0.25) is 0 Å². The molecule has 0 aliphatic carbocycles. The van der Waals surface area contributed by atoms with Crippen LogP contribution in [0.3, 0.4) is 0 Å². The summed E-state index contributed by atoms with van der Waals surface area (Å²) in [6, 6.07) is 12.9. The molecule has 1 amide bonds. The molecule has 112 valence electrons. The van der Waals surface area contributed by atoms with Crippen molar-refractivity contribution in [3.8, 4) is 6.07 Å². The number of benzene rings is 1. The highest BCUT2D eigenvalue weighted by molar-refractivity contribution is 7.99. The van der Waals surface area contributed by atoms with Gasteiger partial charge in [-0.1, -0.05) is 19.1 Å². The van der Waals surface area contributed by atoms with E-state index in [1.54, 1.807) is 23.9 Å². The molecule has 1 N–H and O–H groups in total. The number of nitriles is 1. The molecule has 0 bridgehead atoms. The number of amides is 1. The standard InChI is InChI=1S/C17H16N2O2S/c1-3-22-16-7-5-4-6-15(16)19-17(20)13(11-18)10-14-9-8-12(2)21-14/h4-10H,3H2,1-2H3,(H,19,20)/b13-10+. The van der Waals surface area contributed by atoms with Crippen LogP contribution in [0.5, 0.6) is 0 Å². The van der Waals surface area contributed by atoms with E-state index < -0.39 is 5.91 Å². The summed E-state index contributed by atoms with van der Waals surface area (Å²) in [6.07, 6.45) is 1.44. The fraction of sp³-hybridized carbons (Fsp3) is 0.176. The number of hydrogen-bond donors (Lipinski definition) is 1. The van der Waals surface area contributed by atoms with Gasteiger partial charge in [0.15, 0.2) is 0 Å². The monoisotopic (exact) mass is 312 g/mol. The maximum Gasteiger partial charge on any atom is 0.266 e. The molecule has 0 saturated carbocycles. The predicted molar refractivity (Wildman–Crippen MR) is 88.5 cm³/mol. The van der Waals surface area contributed by atoms with E-state index in [0.717, 1.165) is 16.4 Å². The molecule has 1 aromatic carbocycles. The number of carbonyl (C=O) groups excluding carboxylic acids is 1. The number of thioether (sulfide) groups is 1. The summed E-state index contributed by atoms with van der Waals surface area (Å²) < 4.78 is 5.37. The summed E-state index contributed by atoms with van der Waals surface area (Å²) >= 11 is 1.63. The number of para-hydroxylation sites is 1. The molecule has 2 rings (SSSR count). The summed E-state index contributed by atoms with van der Waals surface area (Å²) in [6.45, 7) is 3.85. The Labute approximate surface area is 133 Å². The molecule has 0 unspecified atom stereocenters. The maximum atomic E-state index is 12.3. The van der Waals surface area contributed by atoms with Gasteiger partial charge in [0.1, 0.15) is 23.2 Å². The molecule has 0 aliphatic heterocycles. The summed E-state index contributed by atoms with van der Waals surface area (Å²) in [4.78, 5) is 13.2. The zero-order valence-electron chi connectivity index (χ0n) is 12.4. The van der Waals surface area contributed by atoms with E-state index in [1.807, 2.05) is 44.2 Å². The lowest BCUT2D eigenvalue weighted by molar-refractivity contribution is -0.112. The summed E-state index contributed by atoms with van der Waals surface area (Å²) in [7, 11) is 0. The van der Waals surface area contributed by atoms with Crippen molar-refractivity contribution in [2.75, 3.05) is 11.1 Å². The van der Waals surface area contributed by atoms with E-state index in [0.29, 0.717) is 11.4 Å². The van der Waals surface area contributed by atoms with Gasteiger partial charge in [0, 0.05) is 11.0 Å². The van der Waals surface area contributed by atoms with Gasteiger partial charge >= 0.3 is 0 Å². The van der Waals surface area contributed by atoms with Crippen LogP contribution in [0, 0.1) is 18.3 Å². The Morgan fingerprint density at radius 3 is 2.77 bits per heavy atom. The molecule has 0 aliphatic rings. The molecular weight excluding hydrogens is 296 g/mol. The van der Waals surface area contributed by atoms with Gasteiger partial charge in [0.25, 0.3) is 5.91 Å². The summed E-state index contributed by atoms with van der Waals surface area (Å²) in [5.41, 5.74) is 0.710. The number of nitrogens with one attached hydrogen (secondary N) is 1. The van der Waals surface area contributed by atoms with Crippen molar-refractivity contribution in [3.63, 3.8) is 0 Å². The Hall–Kier alpha value is -2.45. The third kappa shape index (κ3) is 4.03. The fourth-order valence-corrected chi connectivity index (χ4v) is 2.62. The highest BCUT2D eigenvalue weighted by Crippen LogP contribution is 2.27. The van der Waals surface area contributed by atoms with Gasteiger partial charge in [0.05, 0.1) is 5.69 Å². The van der Waals surface area contributed by atoms with E-state index in [1.165, 1.54) is 6.08 Å². The maximum absolute atomic E-state index is 12.3. The van der Waals surface area contributed by atoms with Crippen LogP contribution in [0.25, 0.3) is 6.08 Å². The Kier molecular flexibility index (Phi) is 5.45. The van der Waals surface area contributed by atoms with Gasteiger partial charge in [-0.3, -0.25) is 4.79 Å². The van der Waals surface area contributed by atoms with Gasteiger partial charge < -0.3 is 9.73 Å².